The van der Waals surface area contributed by atoms with E-state index in [0.29, 0.717) is 37.9 Å². The molecule has 1 aliphatic rings. The van der Waals surface area contributed by atoms with E-state index in [2.05, 4.69) is 40.4 Å². The molecule has 0 bridgehead atoms. The minimum Gasteiger partial charge on any atom is -0.355 e. The van der Waals surface area contributed by atoms with Crippen molar-refractivity contribution in [1.29, 1.82) is 0 Å². The van der Waals surface area contributed by atoms with Crippen molar-refractivity contribution in [3.05, 3.63) is 30.1 Å². The highest BCUT2D eigenvalue weighted by Crippen LogP contribution is 2.28. The molecule has 0 radical (unpaired) electrons. The normalized spacial score (nSPS) is 16.6. The van der Waals surface area contributed by atoms with Crippen molar-refractivity contribution in [3.63, 3.8) is 0 Å². The van der Waals surface area contributed by atoms with E-state index in [4.69, 9.17) is 0 Å². The molecule has 13 heteroatoms. The van der Waals surface area contributed by atoms with Crippen molar-refractivity contribution < 1.29 is 33.9 Å². The first-order valence-electron chi connectivity index (χ1n) is 18.1. The molecule has 0 saturated heterocycles. The minimum atomic E-state index is -0.798. The van der Waals surface area contributed by atoms with Crippen LogP contribution >= 0.6 is 0 Å². The predicted molar refractivity (Wildman–Crippen MR) is 187 cm³/mol. The fourth-order valence-electron chi connectivity index (χ4n) is 6.36. The highest BCUT2D eigenvalue weighted by atomic mass is 16.5. The number of likely N-dealkylation sites (N-methyl/N-ethyl adjacent to an activating group) is 2. The molecule has 276 valence electrons. The fraction of sp³-hybridized carbons (Fsp3) is 0.722. The smallest absolute Gasteiger partial charge is 0.252 e. The van der Waals surface area contributed by atoms with Crippen molar-refractivity contribution in [3.8, 4) is 0 Å². The number of hydrogen-bond donors (Lipinski definition) is 6. The van der Waals surface area contributed by atoms with Crippen LogP contribution in [0, 0.1) is 17.8 Å². The zero-order valence-electron chi connectivity index (χ0n) is 30.9. The lowest BCUT2D eigenvalue weighted by atomic mass is 9.83. The van der Waals surface area contributed by atoms with Crippen molar-refractivity contribution in [2.24, 2.45) is 17.8 Å². The van der Waals surface area contributed by atoms with E-state index in [1.165, 1.54) is 29.4 Å². The first kappa shape index (κ1) is 41.4. The molecule has 6 N–H and O–H groups in total. The van der Waals surface area contributed by atoms with Crippen molar-refractivity contribution in [1.82, 2.24) is 31.5 Å². The number of rotatable bonds is 19. The second-order valence-corrected chi connectivity index (χ2v) is 14.2. The second-order valence-electron chi connectivity index (χ2n) is 14.2. The van der Waals surface area contributed by atoms with Gasteiger partial charge in [0.15, 0.2) is 0 Å². The van der Waals surface area contributed by atoms with E-state index >= 15 is 0 Å². The summed E-state index contributed by atoms with van der Waals surface area (Å²) in [5.41, 5.74) is 0.320. The van der Waals surface area contributed by atoms with Gasteiger partial charge in [-0.1, -0.05) is 60.3 Å². The topological polar surface area (TPSA) is 173 Å². The van der Waals surface area contributed by atoms with Crippen LogP contribution in [-0.4, -0.2) is 90.0 Å². The minimum absolute atomic E-state index is 0.0571. The van der Waals surface area contributed by atoms with Gasteiger partial charge < -0.3 is 31.5 Å². The zero-order chi connectivity index (χ0) is 36.7. The summed E-state index contributed by atoms with van der Waals surface area (Å²) in [6.07, 6.45) is 9.05. The number of pyridine rings is 1. The lowest BCUT2D eigenvalue weighted by Gasteiger charge is -2.36. The molecular formula is C36H62N7O6+. The molecule has 0 spiro atoms. The number of aromatic nitrogens is 1. The molecule has 1 aromatic heterocycles. The van der Waals surface area contributed by atoms with Crippen LogP contribution in [0.3, 0.4) is 0 Å². The maximum atomic E-state index is 14.2. The van der Waals surface area contributed by atoms with Crippen LogP contribution < -0.4 is 31.3 Å². The summed E-state index contributed by atoms with van der Waals surface area (Å²) >= 11 is 0. The Morgan fingerprint density at radius 1 is 0.898 bits per heavy atom. The summed E-state index contributed by atoms with van der Waals surface area (Å²) in [5.74, 6) is -1.46. The molecule has 13 nitrogen and oxygen atoms in total. The Hall–Kier alpha value is -3.74. The van der Waals surface area contributed by atoms with E-state index in [9.17, 15) is 29.2 Å². The van der Waals surface area contributed by atoms with Gasteiger partial charge in [-0.15, -0.1) is 0 Å². The van der Waals surface area contributed by atoms with E-state index in [0.717, 1.165) is 36.8 Å². The Labute approximate surface area is 292 Å². The average molecular weight is 689 g/mol. The van der Waals surface area contributed by atoms with Gasteiger partial charge in [0, 0.05) is 43.0 Å². The highest BCUT2D eigenvalue weighted by Gasteiger charge is 2.37. The molecular weight excluding hydrogens is 626 g/mol. The average Bonchev–Trinajstić information content (AvgIpc) is 3.06. The summed E-state index contributed by atoms with van der Waals surface area (Å²) in [6.45, 7) is 14.2. The number of amides is 5. The molecule has 2 rings (SSSR count). The summed E-state index contributed by atoms with van der Waals surface area (Å²) in [7, 11) is 1.63. The highest BCUT2D eigenvalue weighted by molar-refractivity contribution is 5.98. The van der Waals surface area contributed by atoms with Gasteiger partial charge in [0.25, 0.3) is 5.91 Å². The summed E-state index contributed by atoms with van der Waals surface area (Å²) in [5, 5.41) is 24.5. The third-order valence-electron chi connectivity index (χ3n) is 9.19. The number of carbonyl (C=O) groups excluding carboxylic acids is 5. The third kappa shape index (κ3) is 13.2. The lowest BCUT2D eigenvalue weighted by molar-refractivity contribution is -0.904. The van der Waals surface area contributed by atoms with Crippen molar-refractivity contribution in [2.75, 3.05) is 20.1 Å². The van der Waals surface area contributed by atoms with E-state index in [-0.39, 0.29) is 47.4 Å². The zero-order valence-corrected chi connectivity index (χ0v) is 30.9. The van der Waals surface area contributed by atoms with Gasteiger partial charge in [0.1, 0.15) is 18.1 Å². The van der Waals surface area contributed by atoms with Gasteiger partial charge >= 0.3 is 0 Å². The van der Waals surface area contributed by atoms with Crippen LogP contribution in [-0.2, 0) is 19.2 Å². The van der Waals surface area contributed by atoms with Gasteiger partial charge in [0.2, 0.25) is 36.0 Å². The monoisotopic (exact) mass is 688 g/mol. The Kier molecular flexibility index (Phi) is 17.5. The molecule has 1 aliphatic carbocycles. The fourth-order valence-corrected chi connectivity index (χ4v) is 6.36. The summed E-state index contributed by atoms with van der Waals surface area (Å²) in [6, 6.07) is -0.200. The van der Waals surface area contributed by atoms with Gasteiger partial charge in [-0.3, -0.25) is 29.2 Å². The molecule has 5 amide bonds. The lowest BCUT2D eigenvalue weighted by Crippen LogP contribution is -2.58. The molecule has 1 aromatic rings. The molecule has 1 fully saturated rings. The molecule has 49 heavy (non-hydrogen) atoms. The van der Waals surface area contributed by atoms with Crippen LogP contribution in [0.2, 0.25) is 0 Å². The molecule has 1 saturated carbocycles. The number of nitrogens with one attached hydrogen (secondary N) is 5. The molecule has 0 aliphatic heterocycles. The van der Waals surface area contributed by atoms with E-state index in [1.807, 2.05) is 27.7 Å². The van der Waals surface area contributed by atoms with Crippen LogP contribution in [0.25, 0.3) is 0 Å². The Balaban J connectivity index is 2.18. The number of nitrogens with zero attached hydrogens (tertiary/aromatic N) is 2. The second kappa shape index (κ2) is 20.7. The first-order valence-corrected chi connectivity index (χ1v) is 18.1. The Bertz CT molecular complexity index is 1220. The van der Waals surface area contributed by atoms with E-state index in [1.54, 1.807) is 14.0 Å². The number of carbonyl (C=O) groups is 5. The molecule has 1 heterocycles. The third-order valence-corrected chi connectivity index (χ3v) is 9.19. The van der Waals surface area contributed by atoms with Crippen molar-refractivity contribution in [2.45, 2.75) is 130 Å². The SMILES string of the molecule is CCC[C@@H](C(=O)N[C@H](CN[C@@H](C)C(=O)NC(C(=O)NCC)C(C)C)CC(C)C)N(C)C(=O)C(NC(=O)c1cc[n+](O)cc1)C1CCCCC1. The number of hydrogen-bond acceptors (Lipinski definition) is 7. The molecule has 5 atom stereocenters. The first-order chi connectivity index (χ1) is 23.2. The van der Waals surface area contributed by atoms with Gasteiger partial charge in [-0.05, 0) is 57.3 Å². The van der Waals surface area contributed by atoms with Crippen molar-refractivity contribution >= 4 is 29.5 Å². The maximum absolute atomic E-state index is 14.2. The summed E-state index contributed by atoms with van der Waals surface area (Å²) in [4.78, 5) is 68.3. The molecule has 2 unspecified atom stereocenters. The van der Waals surface area contributed by atoms with E-state index < -0.39 is 30.1 Å². The van der Waals surface area contributed by atoms with Crippen LogP contribution in [0.5, 0.6) is 0 Å². The van der Waals surface area contributed by atoms with Crippen LogP contribution in [0.4, 0.5) is 0 Å². The maximum Gasteiger partial charge on any atom is 0.252 e. The van der Waals surface area contributed by atoms with Gasteiger partial charge in [-0.25, -0.2) is 0 Å². The Morgan fingerprint density at radius 3 is 2.08 bits per heavy atom. The predicted octanol–water partition coefficient (Wildman–Crippen LogP) is 2.30. The Morgan fingerprint density at radius 2 is 1.53 bits per heavy atom. The van der Waals surface area contributed by atoms with Crippen LogP contribution in [0.1, 0.15) is 110 Å². The summed E-state index contributed by atoms with van der Waals surface area (Å²) < 4.78 is 0.844. The van der Waals surface area contributed by atoms with Crippen LogP contribution in [0.15, 0.2) is 24.5 Å². The standard InChI is InChI=1S/C36H61N7O6/c1-9-14-29(42(8)36(48)31(26-15-12-11-13-16-26)41-33(45)27-17-19-43(49)20-18-27)34(46)39-28(21-23(3)4)22-38-25(7)32(44)40-30(24(5)6)35(47)37-10-2/h17-20,23-26,28-31,38H,9-16,21-22H2,1-8H3,(H4-,37,39,40,41,44,45,46,47,49)/p+1/t25-,28-,29-,30?,31?/m0/s1. The largest absolute Gasteiger partial charge is 0.355 e. The quantitative estimate of drug-likeness (QED) is 0.0956. The van der Waals surface area contributed by atoms with Gasteiger partial charge in [-0.2, -0.15) is 0 Å². The molecule has 0 aromatic carbocycles. The van der Waals surface area contributed by atoms with Gasteiger partial charge in [0.05, 0.1) is 11.6 Å².